The fourth-order valence-corrected chi connectivity index (χ4v) is 4.37. The molecule has 0 spiro atoms. The summed E-state index contributed by atoms with van der Waals surface area (Å²) < 4.78 is 24.5. The quantitative estimate of drug-likeness (QED) is 0.591. The lowest BCUT2D eigenvalue weighted by atomic mass is 10.2. The Bertz CT molecular complexity index is 1010. The van der Waals surface area contributed by atoms with Crippen molar-refractivity contribution in [1.82, 2.24) is 14.9 Å². The summed E-state index contributed by atoms with van der Waals surface area (Å²) in [6.07, 6.45) is 2.60. The normalized spacial score (nSPS) is 19.5. The zero-order chi connectivity index (χ0) is 21.8. The van der Waals surface area contributed by atoms with Gasteiger partial charge in [0.15, 0.2) is 16.8 Å². The number of hydrogen-bond donors (Lipinski definition) is 1. The van der Waals surface area contributed by atoms with E-state index in [1.54, 1.807) is 18.3 Å². The van der Waals surface area contributed by atoms with Gasteiger partial charge in [-0.15, -0.1) is 11.3 Å². The topological polar surface area (TPSA) is 80.5 Å². The molecule has 1 aliphatic rings. The number of nitrogens with one attached hydrogen (secondary N) is 1. The summed E-state index contributed by atoms with van der Waals surface area (Å²) >= 11 is 1.42. The Morgan fingerprint density at radius 1 is 1.26 bits per heavy atom. The summed E-state index contributed by atoms with van der Waals surface area (Å²) in [4.78, 5) is 23.4. The number of carbonyl (C=O) groups excluding carboxylic acids is 1. The van der Waals surface area contributed by atoms with Crippen LogP contribution in [0.1, 0.15) is 31.9 Å². The Balaban J connectivity index is 1.25. The molecule has 1 N–H and O–H groups in total. The largest absolute Gasteiger partial charge is 0.441 e. The van der Waals surface area contributed by atoms with Gasteiger partial charge in [-0.25, -0.2) is 14.4 Å². The SMILES string of the molecule is C[C@H]1CN(Cc2csc(NC(=O)CCc3ncc(-c4ccc(F)cc4)o3)n2)C[C@H](C)O1. The number of amides is 1. The van der Waals surface area contributed by atoms with Crippen LogP contribution in [0.2, 0.25) is 0 Å². The van der Waals surface area contributed by atoms with Crippen molar-refractivity contribution in [3.63, 3.8) is 0 Å². The van der Waals surface area contributed by atoms with E-state index >= 15 is 0 Å². The van der Waals surface area contributed by atoms with E-state index in [-0.39, 0.29) is 30.4 Å². The zero-order valence-electron chi connectivity index (χ0n) is 17.5. The standard InChI is InChI=1S/C22H25FN4O3S/c1-14-10-27(11-15(2)29-14)12-18-13-31-22(25-18)26-20(28)7-8-21-24-9-19(30-21)16-3-5-17(23)6-4-16/h3-6,9,13-15H,7-8,10-12H2,1-2H3,(H,25,26,28)/t14-,15-/m0/s1. The molecule has 7 nitrogen and oxygen atoms in total. The van der Waals surface area contributed by atoms with Gasteiger partial charge in [0, 0.05) is 43.4 Å². The molecule has 1 aromatic carbocycles. The van der Waals surface area contributed by atoms with Gasteiger partial charge in [-0.2, -0.15) is 0 Å². The number of aryl methyl sites for hydroxylation is 1. The number of halogens is 1. The smallest absolute Gasteiger partial charge is 0.226 e. The molecule has 1 fully saturated rings. The Kier molecular flexibility index (Phi) is 6.74. The van der Waals surface area contributed by atoms with E-state index in [4.69, 9.17) is 9.15 Å². The van der Waals surface area contributed by atoms with Gasteiger partial charge in [0.2, 0.25) is 5.91 Å². The maximum Gasteiger partial charge on any atom is 0.226 e. The van der Waals surface area contributed by atoms with E-state index < -0.39 is 0 Å². The van der Waals surface area contributed by atoms with Crippen molar-refractivity contribution in [2.24, 2.45) is 0 Å². The van der Waals surface area contributed by atoms with E-state index in [1.807, 2.05) is 5.38 Å². The summed E-state index contributed by atoms with van der Waals surface area (Å²) in [6.45, 7) is 6.64. The molecule has 1 aliphatic heterocycles. The predicted octanol–water partition coefficient (Wildman–Crippen LogP) is 4.12. The fraction of sp³-hybridized carbons (Fsp3) is 0.409. The third-order valence-corrected chi connectivity index (χ3v) is 5.73. The van der Waals surface area contributed by atoms with Crippen molar-refractivity contribution >= 4 is 22.4 Å². The number of rotatable bonds is 7. The molecule has 9 heteroatoms. The molecule has 164 valence electrons. The average molecular weight is 445 g/mol. The lowest BCUT2D eigenvalue weighted by Gasteiger charge is -2.34. The number of oxazole rings is 1. The summed E-state index contributed by atoms with van der Waals surface area (Å²) in [7, 11) is 0. The van der Waals surface area contributed by atoms with Crippen molar-refractivity contribution in [2.75, 3.05) is 18.4 Å². The van der Waals surface area contributed by atoms with Crippen LogP contribution < -0.4 is 5.32 Å². The minimum absolute atomic E-state index is 0.143. The Labute approximate surface area is 184 Å². The second kappa shape index (κ2) is 9.67. The summed E-state index contributed by atoms with van der Waals surface area (Å²) in [5.41, 5.74) is 1.68. The van der Waals surface area contributed by atoms with Crippen LogP contribution >= 0.6 is 11.3 Å². The molecule has 1 amide bonds. The van der Waals surface area contributed by atoms with Crippen LogP contribution in [-0.2, 0) is 22.5 Å². The van der Waals surface area contributed by atoms with Gasteiger partial charge in [0.1, 0.15) is 5.82 Å². The molecule has 2 atom stereocenters. The molecule has 1 saturated heterocycles. The lowest BCUT2D eigenvalue weighted by molar-refractivity contribution is -0.116. The van der Waals surface area contributed by atoms with Crippen LogP contribution in [0.5, 0.6) is 0 Å². The maximum absolute atomic E-state index is 13.0. The number of thiazole rings is 1. The third kappa shape index (κ3) is 5.96. The molecule has 3 aromatic rings. The first-order chi connectivity index (χ1) is 14.9. The first-order valence-electron chi connectivity index (χ1n) is 10.3. The van der Waals surface area contributed by atoms with Crippen molar-refractivity contribution in [3.8, 4) is 11.3 Å². The molecule has 0 saturated carbocycles. The molecule has 3 heterocycles. The van der Waals surface area contributed by atoms with E-state index in [9.17, 15) is 9.18 Å². The number of aromatic nitrogens is 2. The van der Waals surface area contributed by atoms with Crippen molar-refractivity contribution in [1.29, 1.82) is 0 Å². The maximum atomic E-state index is 13.0. The number of nitrogens with zero attached hydrogens (tertiary/aromatic N) is 3. The number of carbonyl (C=O) groups is 1. The lowest BCUT2D eigenvalue weighted by Crippen LogP contribution is -2.44. The number of hydrogen-bond acceptors (Lipinski definition) is 7. The van der Waals surface area contributed by atoms with Gasteiger partial charge in [-0.05, 0) is 38.1 Å². The number of morpholine rings is 1. The monoisotopic (exact) mass is 444 g/mol. The van der Waals surface area contributed by atoms with Crippen LogP contribution in [0.3, 0.4) is 0 Å². The van der Waals surface area contributed by atoms with E-state index in [0.29, 0.717) is 23.2 Å². The van der Waals surface area contributed by atoms with E-state index in [1.165, 1.54) is 23.5 Å². The number of benzene rings is 1. The molecular weight excluding hydrogens is 419 g/mol. The summed E-state index contributed by atoms with van der Waals surface area (Å²) in [6, 6.07) is 6.00. The van der Waals surface area contributed by atoms with Crippen LogP contribution in [-0.4, -0.2) is 46.1 Å². The van der Waals surface area contributed by atoms with Crippen LogP contribution in [0.25, 0.3) is 11.3 Å². The van der Waals surface area contributed by atoms with Crippen LogP contribution in [0, 0.1) is 5.82 Å². The zero-order valence-corrected chi connectivity index (χ0v) is 18.3. The molecular formula is C22H25FN4O3S. The molecule has 4 rings (SSSR count). The Morgan fingerprint density at radius 2 is 2.00 bits per heavy atom. The Hall–Kier alpha value is -2.62. The number of anilines is 1. The Morgan fingerprint density at radius 3 is 2.74 bits per heavy atom. The highest BCUT2D eigenvalue weighted by Gasteiger charge is 2.22. The second-order valence-corrected chi connectivity index (χ2v) is 8.63. The molecule has 31 heavy (non-hydrogen) atoms. The highest BCUT2D eigenvalue weighted by Crippen LogP contribution is 2.22. The number of ether oxygens (including phenoxy) is 1. The first-order valence-corrected chi connectivity index (χ1v) is 11.2. The average Bonchev–Trinajstić information content (AvgIpc) is 3.36. The highest BCUT2D eigenvalue weighted by atomic mass is 32.1. The minimum atomic E-state index is -0.306. The fourth-order valence-electron chi connectivity index (χ4n) is 3.66. The third-order valence-electron chi connectivity index (χ3n) is 4.93. The molecule has 2 aromatic heterocycles. The van der Waals surface area contributed by atoms with Gasteiger partial charge in [-0.3, -0.25) is 9.69 Å². The predicted molar refractivity (Wildman–Crippen MR) is 116 cm³/mol. The molecule has 0 radical (unpaired) electrons. The second-order valence-electron chi connectivity index (χ2n) is 7.77. The summed E-state index contributed by atoms with van der Waals surface area (Å²) in [5.74, 6) is 0.562. The van der Waals surface area contributed by atoms with Gasteiger partial charge in [0.05, 0.1) is 24.1 Å². The van der Waals surface area contributed by atoms with Gasteiger partial charge < -0.3 is 14.5 Å². The summed E-state index contributed by atoms with van der Waals surface area (Å²) in [5, 5.41) is 5.41. The van der Waals surface area contributed by atoms with Gasteiger partial charge in [0.25, 0.3) is 0 Å². The van der Waals surface area contributed by atoms with Crippen molar-refractivity contribution in [2.45, 2.75) is 45.4 Å². The first kappa shape index (κ1) is 21.6. The highest BCUT2D eigenvalue weighted by molar-refractivity contribution is 7.13. The van der Waals surface area contributed by atoms with E-state index in [0.717, 1.165) is 30.9 Å². The van der Waals surface area contributed by atoms with Crippen molar-refractivity contribution in [3.05, 3.63) is 53.2 Å². The van der Waals surface area contributed by atoms with Gasteiger partial charge in [-0.1, -0.05) is 0 Å². The molecule has 0 unspecified atom stereocenters. The minimum Gasteiger partial charge on any atom is -0.441 e. The van der Waals surface area contributed by atoms with Crippen LogP contribution in [0.15, 0.2) is 40.3 Å². The van der Waals surface area contributed by atoms with Gasteiger partial charge >= 0.3 is 0 Å². The van der Waals surface area contributed by atoms with Crippen LogP contribution in [0.4, 0.5) is 9.52 Å². The van der Waals surface area contributed by atoms with E-state index in [2.05, 4.69) is 34.0 Å². The molecule has 0 bridgehead atoms. The molecule has 0 aliphatic carbocycles. The van der Waals surface area contributed by atoms with Crippen molar-refractivity contribution < 1.29 is 18.3 Å².